The van der Waals surface area contributed by atoms with Gasteiger partial charge in [0.05, 0.1) is 6.04 Å². The Labute approximate surface area is 168 Å². The zero-order valence-corrected chi connectivity index (χ0v) is 16.1. The van der Waals surface area contributed by atoms with Crippen LogP contribution in [0, 0.1) is 0 Å². The van der Waals surface area contributed by atoms with Crippen molar-refractivity contribution in [3.05, 3.63) is 60.6 Å². The second kappa shape index (κ2) is 7.05. The highest BCUT2D eigenvalue weighted by molar-refractivity contribution is 5.63. The molecule has 0 unspecified atom stereocenters. The van der Waals surface area contributed by atoms with Gasteiger partial charge in [-0.05, 0) is 37.1 Å². The first-order valence-electron chi connectivity index (χ1n) is 9.59. The molecule has 1 aromatic carbocycles. The van der Waals surface area contributed by atoms with Crippen molar-refractivity contribution in [1.29, 1.82) is 0 Å². The normalized spacial score (nSPS) is 16.4. The van der Waals surface area contributed by atoms with Gasteiger partial charge in [0.1, 0.15) is 5.69 Å². The molecule has 0 aliphatic carbocycles. The molecule has 4 aromatic rings. The SMILES string of the molecule is Cn1c(-c2cccnc2)nnc1N1CCC[C@@H]1c1cc(-c2cccc(N)c2)on1. The molecule has 8 nitrogen and oxygen atoms in total. The Bertz CT molecular complexity index is 1130. The number of benzene rings is 1. The second-order valence-corrected chi connectivity index (χ2v) is 7.22. The van der Waals surface area contributed by atoms with Gasteiger partial charge < -0.3 is 15.2 Å². The molecule has 3 aromatic heterocycles. The molecular formula is C21H21N7O. The number of rotatable bonds is 4. The van der Waals surface area contributed by atoms with Crippen LogP contribution in [0.25, 0.3) is 22.7 Å². The minimum absolute atomic E-state index is 0.0956. The molecule has 2 N–H and O–H groups in total. The molecule has 0 bridgehead atoms. The van der Waals surface area contributed by atoms with Crippen molar-refractivity contribution in [2.45, 2.75) is 18.9 Å². The molecule has 146 valence electrons. The second-order valence-electron chi connectivity index (χ2n) is 7.22. The van der Waals surface area contributed by atoms with Crippen molar-refractivity contribution in [2.24, 2.45) is 7.05 Å². The summed E-state index contributed by atoms with van der Waals surface area (Å²) in [6.07, 6.45) is 5.59. The van der Waals surface area contributed by atoms with E-state index in [9.17, 15) is 0 Å². The van der Waals surface area contributed by atoms with Crippen molar-refractivity contribution < 1.29 is 4.52 Å². The van der Waals surface area contributed by atoms with Crippen molar-refractivity contribution in [2.75, 3.05) is 17.2 Å². The molecule has 1 aliphatic rings. The van der Waals surface area contributed by atoms with Crippen LogP contribution < -0.4 is 10.6 Å². The fourth-order valence-corrected chi connectivity index (χ4v) is 3.90. The summed E-state index contributed by atoms with van der Waals surface area (Å²) < 4.78 is 7.63. The Morgan fingerprint density at radius 1 is 1.10 bits per heavy atom. The van der Waals surface area contributed by atoms with E-state index in [1.165, 1.54) is 0 Å². The fraction of sp³-hybridized carbons (Fsp3) is 0.238. The van der Waals surface area contributed by atoms with Gasteiger partial charge in [0.15, 0.2) is 11.6 Å². The standard InChI is InChI=1S/C21H21N7O/c1-27-20(15-6-3-9-23-13-15)24-25-21(27)28-10-4-8-18(28)17-12-19(29-26-17)14-5-2-7-16(22)11-14/h2-3,5-7,9,11-13,18H,4,8,10,22H2,1H3/t18-/m1/s1. The molecule has 0 amide bonds. The highest BCUT2D eigenvalue weighted by Crippen LogP contribution is 2.37. The van der Waals surface area contributed by atoms with Crippen molar-refractivity contribution in [1.82, 2.24) is 24.9 Å². The topological polar surface area (TPSA) is 98.9 Å². The lowest BCUT2D eigenvalue weighted by Gasteiger charge is -2.23. The minimum atomic E-state index is 0.0956. The van der Waals surface area contributed by atoms with E-state index in [1.54, 1.807) is 12.4 Å². The monoisotopic (exact) mass is 387 g/mol. The summed E-state index contributed by atoms with van der Waals surface area (Å²) >= 11 is 0. The molecule has 0 radical (unpaired) electrons. The Hall–Kier alpha value is -3.68. The lowest BCUT2D eigenvalue weighted by molar-refractivity contribution is 0.416. The predicted octanol–water partition coefficient (Wildman–Crippen LogP) is 3.46. The van der Waals surface area contributed by atoms with Crippen molar-refractivity contribution in [3.63, 3.8) is 0 Å². The van der Waals surface area contributed by atoms with Crippen LogP contribution in [0.2, 0.25) is 0 Å². The van der Waals surface area contributed by atoms with Gasteiger partial charge in [-0.2, -0.15) is 0 Å². The number of nitrogen functional groups attached to an aromatic ring is 1. The maximum Gasteiger partial charge on any atom is 0.227 e. The molecule has 5 rings (SSSR count). The van der Waals surface area contributed by atoms with Crippen LogP contribution in [-0.4, -0.2) is 31.4 Å². The Morgan fingerprint density at radius 3 is 2.83 bits per heavy atom. The highest BCUT2D eigenvalue weighted by atomic mass is 16.5. The molecule has 1 saturated heterocycles. The van der Waals surface area contributed by atoms with Crippen LogP contribution >= 0.6 is 0 Å². The van der Waals surface area contributed by atoms with Gasteiger partial charge >= 0.3 is 0 Å². The van der Waals surface area contributed by atoms with Crippen LogP contribution in [-0.2, 0) is 7.05 Å². The van der Waals surface area contributed by atoms with Gasteiger partial charge in [-0.3, -0.25) is 9.55 Å². The van der Waals surface area contributed by atoms with Crippen LogP contribution in [0.3, 0.4) is 0 Å². The Kier molecular flexibility index (Phi) is 4.23. The first kappa shape index (κ1) is 17.4. The van der Waals surface area contributed by atoms with E-state index in [2.05, 4.69) is 25.2 Å². The van der Waals surface area contributed by atoms with Crippen molar-refractivity contribution >= 4 is 11.6 Å². The predicted molar refractivity (Wildman–Crippen MR) is 110 cm³/mol. The third-order valence-corrected chi connectivity index (χ3v) is 5.32. The first-order chi connectivity index (χ1) is 14.2. The average Bonchev–Trinajstić information content (AvgIpc) is 3.47. The first-order valence-corrected chi connectivity index (χ1v) is 9.59. The fourth-order valence-electron chi connectivity index (χ4n) is 3.90. The van der Waals surface area contributed by atoms with Crippen molar-refractivity contribution in [3.8, 4) is 22.7 Å². The lowest BCUT2D eigenvalue weighted by Crippen LogP contribution is -2.25. The molecule has 0 saturated carbocycles. The number of aromatic nitrogens is 5. The van der Waals surface area contributed by atoms with E-state index in [1.807, 2.05) is 54.1 Å². The number of hydrogen-bond donors (Lipinski definition) is 1. The largest absolute Gasteiger partial charge is 0.399 e. The number of pyridine rings is 1. The molecule has 4 heterocycles. The number of nitrogens with two attached hydrogens (primary N) is 1. The maximum absolute atomic E-state index is 5.90. The number of anilines is 2. The van der Waals surface area contributed by atoms with Gasteiger partial charge in [-0.15, -0.1) is 10.2 Å². The van der Waals surface area contributed by atoms with E-state index in [4.69, 9.17) is 10.3 Å². The summed E-state index contributed by atoms with van der Waals surface area (Å²) in [5.74, 6) is 2.33. The average molecular weight is 387 g/mol. The van der Waals surface area contributed by atoms with Crippen LogP contribution in [0.1, 0.15) is 24.6 Å². The maximum atomic E-state index is 5.90. The number of nitrogens with zero attached hydrogens (tertiary/aromatic N) is 6. The van der Waals surface area contributed by atoms with E-state index in [0.29, 0.717) is 11.4 Å². The summed E-state index contributed by atoms with van der Waals surface area (Å²) in [4.78, 5) is 6.43. The number of hydrogen-bond acceptors (Lipinski definition) is 7. The molecular weight excluding hydrogens is 366 g/mol. The summed E-state index contributed by atoms with van der Waals surface area (Å²) in [6.45, 7) is 0.893. The molecule has 1 aliphatic heterocycles. The van der Waals surface area contributed by atoms with Gasteiger partial charge in [-0.25, -0.2) is 0 Å². The Morgan fingerprint density at radius 2 is 2.00 bits per heavy atom. The quantitative estimate of drug-likeness (QED) is 0.535. The zero-order valence-electron chi connectivity index (χ0n) is 16.1. The smallest absolute Gasteiger partial charge is 0.227 e. The summed E-state index contributed by atoms with van der Waals surface area (Å²) in [5, 5.41) is 13.2. The van der Waals surface area contributed by atoms with Gasteiger partial charge in [-0.1, -0.05) is 17.3 Å². The van der Waals surface area contributed by atoms with Crippen LogP contribution in [0.15, 0.2) is 59.4 Å². The lowest BCUT2D eigenvalue weighted by atomic mass is 10.1. The highest BCUT2D eigenvalue weighted by Gasteiger charge is 2.32. The molecule has 1 atom stereocenters. The molecule has 29 heavy (non-hydrogen) atoms. The van der Waals surface area contributed by atoms with Gasteiger partial charge in [0.2, 0.25) is 5.95 Å². The molecule has 8 heteroatoms. The summed E-state index contributed by atoms with van der Waals surface area (Å²) in [5.41, 5.74) is 9.35. The zero-order chi connectivity index (χ0) is 19.8. The van der Waals surface area contributed by atoms with E-state index < -0.39 is 0 Å². The minimum Gasteiger partial charge on any atom is -0.399 e. The summed E-state index contributed by atoms with van der Waals surface area (Å²) in [6, 6.07) is 13.6. The molecule has 0 spiro atoms. The van der Waals surface area contributed by atoms with Crippen LogP contribution in [0.4, 0.5) is 11.6 Å². The third kappa shape index (κ3) is 3.12. The van der Waals surface area contributed by atoms with E-state index >= 15 is 0 Å². The van der Waals surface area contributed by atoms with Gasteiger partial charge in [0, 0.05) is 48.9 Å². The van der Waals surface area contributed by atoms with E-state index in [0.717, 1.165) is 48.0 Å². The van der Waals surface area contributed by atoms with Crippen LogP contribution in [0.5, 0.6) is 0 Å². The Balaban J connectivity index is 1.45. The third-order valence-electron chi connectivity index (χ3n) is 5.32. The van der Waals surface area contributed by atoms with E-state index in [-0.39, 0.29) is 6.04 Å². The summed E-state index contributed by atoms with van der Waals surface area (Å²) in [7, 11) is 1.98. The molecule has 1 fully saturated rings. The van der Waals surface area contributed by atoms with Gasteiger partial charge in [0.25, 0.3) is 0 Å².